The molecular weight excluding hydrogens is 347 g/mol. The fourth-order valence-electron chi connectivity index (χ4n) is 2.70. The molecule has 1 aliphatic carbocycles. The van der Waals surface area contributed by atoms with Crippen LogP contribution in [0.4, 0.5) is 0 Å². The molecule has 0 unspecified atom stereocenters. The second-order valence-corrected chi connectivity index (χ2v) is 11.2. The van der Waals surface area contributed by atoms with Gasteiger partial charge >= 0.3 is 7.60 Å². The first-order valence-electron chi connectivity index (χ1n) is 9.23. The SMILES string of the molecule is CC(C)OP(=O)(C=C1C=C(C(C)(C)C)C(=O)C(C(C)(C)C)=C1)OC(C)C. The lowest BCUT2D eigenvalue weighted by Crippen LogP contribution is -2.28. The molecule has 0 aliphatic heterocycles. The largest absolute Gasteiger partial charge is 0.355 e. The molecule has 0 radical (unpaired) electrons. The van der Waals surface area contributed by atoms with Crippen molar-refractivity contribution in [3.8, 4) is 0 Å². The van der Waals surface area contributed by atoms with Gasteiger partial charge in [0.05, 0.1) is 12.2 Å². The monoisotopic (exact) mass is 382 g/mol. The molecule has 0 aromatic carbocycles. The molecule has 0 bridgehead atoms. The Labute approximate surface area is 159 Å². The van der Waals surface area contributed by atoms with E-state index in [0.29, 0.717) is 16.7 Å². The molecule has 5 heteroatoms. The highest BCUT2D eigenvalue weighted by Crippen LogP contribution is 2.54. The van der Waals surface area contributed by atoms with Gasteiger partial charge in [-0.25, -0.2) is 0 Å². The molecule has 0 atom stereocenters. The summed E-state index contributed by atoms with van der Waals surface area (Å²) in [6, 6.07) is 0. The van der Waals surface area contributed by atoms with E-state index in [9.17, 15) is 9.36 Å². The second-order valence-electron chi connectivity index (χ2n) is 9.42. The van der Waals surface area contributed by atoms with Gasteiger partial charge in [0.25, 0.3) is 0 Å². The smallest absolute Gasteiger partial charge is 0.303 e. The lowest BCUT2D eigenvalue weighted by Gasteiger charge is -2.31. The third-order valence-corrected chi connectivity index (χ3v) is 5.80. The predicted molar refractivity (Wildman–Crippen MR) is 108 cm³/mol. The number of allylic oxidation sites excluding steroid dienone is 5. The van der Waals surface area contributed by atoms with E-state index in [1.165, 1.54) is 0 Å². The van der Waals surface area contributed by atoms with Crippen LogP contribution in [0.1, 0.15) is 69.2 Å². The first-order valence-corrected chi connectivity index (χ1v) is 10.8. The number of Topliss-reactive ketones (excluding diaryl/α,β-unsaturated/α-hetero) is 1. The Morgan fingerprint density at radius 1 is 0.846 bits per heavy atom. The Kier molecular flexibility index (Phi) is 7.07. The average molecular weight is 382 g/mol. The summed E-state index contributed by atoms with van der Waals surface area (Å²) in [4.78, 5) is 13.0. The molecule has 0 heterocycles. The molecule has 1 aliphatic rings. The number of carbonyl (C=O) groups is 1. The molecule has 26 heavy (non-hydrogen) atoms. The van der Waals surface area contributed by atoms with Crippen molar-refractivity contribution < 1.29 is 18.4 Å². The number of hydrogen-bond acceptors (Lipinski definition) is 4. The molecule has 1 rings (SSSR count). The van der Waals surface area contributed by atoms with Crippen LogP contribution in [-0.2, 0) is 18.4 Å². The first kappa shape index (κ1) is 23.1. The van der Waals surface area contributed by atoms with Gasteiger partial charge in [-0.3, -0.25) is 9.36 Å². The minimum absolute atomic E-state index is 0.0477. The molecular formula is C21H35O4P. The maximum Gasteiger partial charge on any atom is 0.355 e. The van der Waals surface area contributed by atoms with Crippen LogP contribution in [0.3, 0.4) is 0 Å². The summed E-state index contributed by atoms with van der Waals surface area (Å²) >= 11 is 0. The number of carbonyl (C=O) groups excluding carboxylic acids is 1. The van der Waals surface area contributed by atoms with E-state index in [1.807, 2.05) is 81.4 Å². The van der Waals surface area contributed by atoms with Gasteiger partial charge in [-0.15, -0.1) is 0 Å². The van der Waals surface area contributed by atoms with Crippen molar-refractivity contribution in [3.63, 3.8) is 0 Å². The van der Waals surface area contributed by atoms with Crippen molar-refractivity contribution in [1.82, 2.24) is 0 Å². The topological polar surface area (TPSA) is 52.6 Å². The van der Waals surface area contributed by atoms with E-state index in [4.69, 9.17) is 9.05 Å². The Morgan fingerprint density at radius 2 is 1.19 bits per heavy atom. The van der Waals surface area contributed by atoms with Crippen LogP contribution in [0.2, 0.25) is 0 Å². The normalized spacial score (nSPS) is 16.9. The summed E-state index contributed by atoms with van der Waals surface area (Å²) in [5.74, 6) is 1.60. The van der Waals surface area contributed by atoms with E-state index in [-0.39, 0.29) is 28.8 Å². The molecule has 0 aromatic heterocycles. The fraction of sp³-hybridized carbons (Fsp3) is 0.667. The third kappa shape index (κ3) is 6.33. The number of rotatable bonds is 5. The standard InChI is InChI=1S/C21H35O4P/c1-14(2)24-26(23,25-15(3)4)13-16-11-17(20(5,6)7)19(22)18(12-16)21(8,9)10/h11-15H,1-10H3. The number of ketones is 1. The molecule has 0 saturated carbocycles. The van der Waals surface area contributed by atoms with Crippen LogP contribution < -0.4 is 0 Å². The molecule has 4 nitrogen and oxygen atoms in total. The van der Waals surface area contributed by atoms with Crippen molar-refractivity contribution in [2.75, 3.05) is 0 Å². The van der Waals surface area contributed by atoms with Crippen molar-refractivity contribution in [3.05, 3.63) is 34.7 Å². The van der Waals surface area contributed by atoms with Gasteiger partial charge in [0.15, 0.2) is 5.78 Å². The van der Waals surface area contributed by atoms with Crippen molar-refractivity contribution in [1.29, 1.82) is 0 Å². The van der Waals surface area contributed by atoms with Gasteiger partial charge in [-0.1, -0.05) is 41.5 Å². The van der Waals surface area contributed by atoms with Gasteiger partial charge in [0, 0.05) is 17.0 Å². The van der Waals surface area contributed by atoms with Gasteiger partial charge in [0.2, 0.25) is 0 Å². The van der Waals surface area contributed by atoms with Crippen LogP contribution in [0.25, 0.3) is 0 Å². The van der Waals surface area contributed by atoms with Crippen molar-refractivity contribution >= 4 is 13.4 Å². The second kappa shape index (κ2) is 7.96. The number of hydrogen-bond donors (Lipinski definition) is 0. The zero-order chi connectivity index (χ0) is 20.5. The molecule has 0 N–H and O–H groups in total. The van der Waals surface area contributed by atoms with Crippen LogP contribution in [0.5, 0.6) is 0 Å². The van der Waals surface area contributed by atoms with Crippen LogP contribution >= 0.6 is 7.60 Å². The fourth-order valence-corrected chi connectivity index (χ4v) is 4.56. The summed E-state index contributed by atoms with van der Waals surface area (Å²) in [5, 5.41) is 0. The van der Waals surface area contributed by atoms with E-state index in [2.05, 4.69) is 0 Å². The lowest BCUT2D eigenvalue weighted by atomic mass is 9.72. The van der Waals surface area contributed by atoms with Gasteiger partial charge in [0.1, 0.15) is 0 Å². The Bertz CT molecular complexity index is 630. The van der Waals surface area contributed by atoms with E-state index < -0.39 is 7.60 Å². The Morgan fingerprint density at radius 3 is 1.46 bits per heavy atom. The summed E-state index contributed by atoms with van der Waals surface area (Å²) in [6.07, 6.45) is 3.16. The zero-order valence-corrected chi connectivity index (χ0v) is 18.9. The lowest BCUT2D eigenvalue weighted by molar-refractivity contribution is -0.114. The van der Waals surface area contributed by atoms with Crippen LogP contribution in [-0.4, -0.2) is 18.0 Å². The zero-order valence-electron chi connectivity index (χ0n) is 18.0. The molecule has 0 amide bonds. The molecule has 0 fully saturated rings. The summed E-state index contributed by atoms with van der Waals surface area (Å²) in [7, 11) is -3.44. The highest BCUT2D eigenvalue weighted by Gasteiger charge is 2.35. The first-order chi connectivity index (χ1) is 11.5. The maximum absolute atomic E-state index is 13.2. The van der Waals surface area contributed by atoms with Crippen LogP contribution in [0, 0.1) is 10.8 Å². The van der Waals surface area contributed by atoms with E-state index >= 15 is 0 Å². The maximum atomic E-state index is 13.2. The van der Waals surface area contributed by atoms with Crippen LogP contribution in [0.15, 0.2) is 34.7 Å². The molecule has 0 aromatic rings. The predicted octanol–water partition coefficient (Wildman–Crippen LogP) is 6.44. The molecule has 148 valence electrons. The summed E-state index contributed by atoms with van der Waals surface area (Å²) in [6.45, 7) is 19.4. The average Bonchev–Trinajstić information content (AvgIpc) is 2.35. The minimum Gasteiger partial charge on any atom is -0.303 e. The third-order valence-electron chi connectivity index (χ3n) is 3.75. The van der Waals surface area contributed by atoms with E-state index in [0.717, 1.165) is 0 Å². The van der Waals surface area contributed by atoms with Crippen molar-refractivity contribution in [2.24, 2.45) is 10.8 Å². The van der Waals surface area contributed by atoms with E-state index in [1.54, 1.807) is 5.82 Å². The highest BCUT2D eigenvalue weighted by molar-refractivity contribution is 7.57. The van der Waals surface area contributed by atoms with Gasteiger partial charge in [-0.05, 0) is 56.3 Å². The summed E-state index contributed by atoms with van der Waals surface area (Å²) in [5.41, 5.74) is 1.48. The summed E-state index contributed by atoms with van der Waals surface area (Å²) < 4.78 is 24.5. The van der Waals surface area contributed by atoms with Gasteiger partial charge in [-0.2, -0.15) is 0 Å². The van der Waals surface area contributed by atoms with Crippen molar-refractivity contribution in [2.45, 2.75) is 81.4 Å². The molecule has 0 saturated heterocycles. The minimum atomic E-state index is -3.44. The Hall–Kier alpha value is -0.960. The van der Waals surface area contributed by atoms with Gasteiger partial charge < -0.3 is 9.05 Å². The Balaban J connectivity index is 3.55. The quantitative estimate of drug-likeness (QED) is 0.513. The molecule has 0 spiro atoms. The highest BCUT2D eigenvalue weighted by atomic mass is 31.2.